The summed E-state index contributed by atoms with van der Waals surface area (Å²) in [5, 5.41) is 21.8. The zero-order chi connectivity index (χ0) is 22.6. The van der Waals surface area contributed by atoms with Crippen LogP contribution in [0.3, 0.4) is 0 Å². The third-order valence-corrected chi connectivity index (χ3v) is 8.60. The SMILES string of the molecule is CCCCO[C@@]12CC[C@H](O)[C@@H](C#C[C@@H](O)C3CCCCC3)[C@@H]1C(CCCC)C21OCCO1. The van der Waals surface area contributed by atoms with Crippen LogP contribution in [0.4, 0.5) is 0 Å². The van der Waals surface area contributed by atoms with E-state index in [0.29, 0.717) is 26.2 Å². The number of ether oxygens (including phenoxy) is 3. The van der Waals surface area contributed by atoms with Crippen LogP contribution in [0.25, 0.3) is 0 Å². The minimum Gasteiger partial charge on any atom is -0.392 e. The first kappa shape index (κ1) is 24.5. The van der Waals surface area contributed by atoms with E-state index in [2.05, 4.69) is 25.7 Å². The van der Waals surface area contributed by atoms with E-state index in [1.165, 1.54) is 19.3 Å². The summed E-state index contributed by atoms with van der Waals surface area (Å²) in [5.74, 6) is 6.20. The first-order valence-corrected chi connectivity index (χ1v) is 13.4. The Hall–Kier alpha value is -0.640. The Morgan fingerprint density at radius 2 is 1.75 bits per heavy atom. The molecule has 1 unspecified atom stereocenters. The van der Waals surface area contributed by atoms with E-state index in [9.17, 15) is 10.2 Å². The Morgan fingerprint density at radius 1 is 1.03 bits per heavy atom. The molecule has 2 N–H and O–H groups in total. The van der Waals surface area contributed by atoms with Gasteiger partial charge in [-0.2, -0.15) is 0 Å². The number of aliphatic hydroxyl groups excluding tert-OH is 2. The molecule has 32 heavy (non-hydrogen) atoms. The maximum absolute atomic E-state index is 11.1. The molecule has 182 valence electrons. The van der Waals surface area contributed by atoms with Gasteiger partial charge in [-0.3, -0.25) is 0 Å². The molecule has 5 heteroatoms. The van der Waals surface area contributed by atoms with E-state index in [1.54, 1.807) is 0 Å². The molecule has 4 rings (SSSR count). The molecule has 5 nitrogen and oxygen atoms in total. The van der Waals surface area contributed by atoms with E-state index in [0.717, 1.165) is 51.4 Å². The summed E-state index contributed by atoms with van der Waals surface area (Å²) < 4.78 is 19.4. The topological polar surface area (TPSA) is 68.2 Å². The highest BCUT2D eigenvalue weighted by Gasteiger charge is 2.78. The van der Waals surface area contributed by atoms with Crippen molar-refractivity contribution in [2.24, 2.45) is 23.7 Å². The Morgan fingerprint density at radius 3 is 2.44 bits per heavy atom. The van der Waals surface area contributed by atoms with Crippen molar-refractivity contribution in [2.75, 3.05) is 19.8 Å². The molecule has 0 aromatic heterocycles. The predicted molar refractivity (Wildman–Crippen MR) is 124 cm³/mol. The largest absolute Gasteiger partial charge is 0.392 e. The van der Waals surface area contributed by atoms with Crippen molar-refractivity contribution in [3.8, 4) is 11.8 Å². The van der Waals surface area contributed by atoms with Gasteiger partial charge in [-0.25, -0.2) is 0 Å². The fraction of sp³-hybridized carbons (Fsp3) is 0.926. The molecule has 4 fully saturated rings. The molecule has 4 aliphatic rings. The van der Waals surface area contributed by atoms with Crippen molar-refractivity contribution >= 4 is 0 Å². The summed E-state index contributed by atoms with van der Waals surface area (Å²) >= 11 is 0. The molecule has 0 aromatic carbocycles. The van der Waals surface area contributed by atoms with E-state index in [4.69, 9.17) is 14.2 Å². The molecular weight excluding hydrogens is 404 g/mol. The van der Waals surface area contributed by atoms with Crippen molar-refractivity contribution in [1.82, 2.24) is 0 Å². The van der Waals surface area contributed by atoms with Gasteiger partial charge >= 0.3 is 0 Å². The Balaban J connectivity index is 1.61. The van der Waals surface area contributed by atoms with Gasteiger partial charge in [0, 0.05) is 18.4 Å². The van der Waals surface area contributed by atoms with Crippen LogP contribution < -0.4 is 0 Å². The van der Waals surface area contributed by atoms with Crippen molar-refractivity contribution < 1.29 is 24.4 Å². The van der Waals surface area contributed by atoms with E-state index in [1.807, 2.05) is 0 Å². The molecule has 1 heterocycles. The van der Waals surface area contributed by atoms with Gasteiger partial charge in [-0.15, -0.1) is 0 Å². The van der Waals surface area contributed by atoms with Crippen molar-refractivity contribution in [2.45, 2.75) is 114 Å². The molecule has 0 radical (unpaired) electrons. The van der Waals surface area contributed by atoms with Gasteiger partial charge in [-0.1, -0.05) is 64.2 Å². The van der Waals surface area contributed by atoms with Crippen LogP contribution in [0.15, 0.2) is 0 Å². The monoisotopic (exact) mass is 448 g/mol. The van der Waals surface area contributed by atoms with E-state index in [-0.39, 0.29) is 23.7 Å². The normalized spacial score (nSPS) is 37.4. The summed E-state index contributed by atoms with van der Waals surface area (Å²) in [4.78, 5) is 0. The number of unbranched alkanes of at least 4 members (excludes halogenated alkanes) is 2. The number of hydrogen-bond donors (Lipinski definition) is 2. The fourth-order valence-electron chi connectivity index (χ4n) is 6.96. The smallest absolute Gasteiger partial charge is 0.201 e. The predicted octanol–water partition coefficient (Wildman–Crippen LogP) is 4.44. The summed E-state index contributed by atoms with van der Waals surface area (Å²) in [6, 6.07) is 0. The van der Waals surface area contributed by atoms with Gasteiger partial charge in [0.1, 0.15) is 11.7 Å². The van der Waals surface area contributed by atoms with Gasteiger partial charge in [0.25, 0.3) is 0 Å². The van der Waals surface area contributed by atoms with Crippen LogP contribution in [0.2, 0.25) is 0 Å². The molecular formula is C27H44O5. The number of aliphatic hydroxyl groups is 2. The number of fused-ring (bicyclic) bond motifs is 2. The van der Waals surface area contributed by atoms with Crippen molar-refractivity contribution in [1.29, 1.82) is 0 Å². The molecule has 3 saturated carbocycles. The summed E-state index contributed by atoms with van der Waals surface area (Å²) in [7, 11) is 0. The van der Waals surface area contributed by atoms with E-state index >= 15 is 0 Å². The zero-order valence-electron chi connectivity index (χ0n) is 20.2. The van der Waals surface area contributed by atoms with Crippen molar-refractivity contribution in [3.05, 3.63) is 0 Å². The highest BCUT2D eigenvalue weighted by atomic mass is 16.8. The molecule has 6 atom stereocenters. The standard InChI is InChI=1S/C27H44O5/c1-3-5-12-22-25-21(13-14-23(28)20-10-8-7-9-11-20)24(29)15-16-26(25,30-17-6-4-2)27(22)31-18-19-32-27/h20-25,28-29H,3-12,15-19H2,1-2H3/t21-,22?,23-,24+,25-,26+/m1/s1. The lowest BCUT2D eigenvalue weighted by molar-refractivity contribution is -0.422. The summed E-state index contributed by atoms with van der Waals surface area (Å²) in [6.45, 7) is 6.28. The van der Waals surface area contributed by atoms with Crippen LogP contribution in [0.1, 0.15) is 90.9 Å². The quantitative estimate of drug-likeness (QED) is 0.425. The first-order chi connectivity index (χ1) is 15.6. The third-order valence-electron chi connectivity index (χ3n) is 8.60. The fourth-order valence-corrected chi connectivity index (χ4v) is 6.96. The molecule has 0 bridgehead atoms. The lowest BCUT2D eigenvalue weighted by atomic mass is 9.46. The second kappa shape index (κ2) is 10.7. The highest BCUT2D eigenvalue weighted by molar-refractivity contribution is 5.27. The van der Waals surface area contributed by atoms with Gasteiger partial charge in [0.05, 0.1) is 25.2 Å². The molecule has 0 amide bonds. The number of rotatable bonds is 8. The van der Waals surface area contributed by atoms with Gasteiger partial charge in [-0.05, 0) is 44.4 Å². The second-order valence-corrected chi connectivity index (χ2v) is 10.5. The third kappa shape index (κ3) is 4.27. The van der Waals surface area contributed by atoms with E-state index < -0.39 is 23.6 Å². The van der Waals surface area contributed by atoms with Gasteiger partial charge < -0.3 is 24.4 Å². The Labute approximate surface area is 194 Å². The van der Waals surface area contributed by atoms with Crippen LogP contribution in [-0.4, -0.2) is 53.6 Å². The molecule has 1 spiro atoms. The lowest BCUT2D eigenvalue weighted by Gasteiger charge is -2.69. The minimum atomic E-state index is -0.692. The second-order valence-electron chi connectivity index (χ2n) is 10.5. The highest BCUT2D eigenvalue weighted by Crippen LogP contribution is 2.67. The molecule has 1 aliphatic heterocycles. The lowest BCUT2D eigenvalue weighted by Crippen LogP contribution is -2.80. The zero-order valence-corrected chi connectivity index (χ0v) is 20.2. The van der Waals surface area contributed by atoms with Crippen LogP contribution in [0.5, 0.6) is 0 Å². The Kier molecular flexibility index (Phi) is 8.22. The van der Waals surface area contributed by atoms with Gasteiger partial charge in [0.15, 0.2) is 0 Å². The van der Waals surface area contributed by atoms with Gasteiger partial charge in [0.2, 0.25) is 5.79 Å². The summed E-state index contributed by atoms with van der Waals surface area (Å²) in [5.41, 5.74) is -0.536. The molecule has 1 saturated heterocycles. The maximum atomic E-state index is 11.1. The number of hydrogen-bond acceptors (Lipinski definition) is 5. The van der Waals surface area contributed by atoms with Crippen molar-refractivity contribution in [3.63, 3.8) is 0 Å². The minimum absolute atomic E-state index is 0.0822. The molecule has 3 aliphatic carbocycles. The summed E-state index contributed by atoms with van der Waals surface area (Å²) in [6.07, 6.45) is 11.3. The average molecular weight is 449 g/mol. The molecule has 0 aromatic rings. The van der Waals surface area contributed by atoms with Crippen LogP contribution >= 0.6 is 0 Å². The average Bonchev–Trinajstić information content (AvgIpc) is 3.33. The maximum Gasteiger partial charge on any atom is 0.201 e. The Bertz CT molecular complexity index is 657. The van der Waals surface area contributed by atoms with Crippen LogP contribution in [-0.2, 0) is 14.2 Å². The first-order valence-electron chi connectivity index (χ1n) is 13.4. The van der Waals surface area contributed by atoms with Crippen LogP contribution in [0, 0.1) is 35.5 Å².